The van der Waals surface area contributed by atoms with Crippen LogP contribution in [0.2, 0.25) is 0 Å². The number of aromatic carboxylic acids is 1. The van der Waals surface area contributed by atoms with Gasteiger partial charge in [-0.15, -0.1) is 0 Å². The van der Waals surface area contributed by atoms with Crippen molar-refractivity contribution in [2.75, 3.05) is 19.6 Å². The second-order valence-electron chi connectivity index (χ2n) is 6.37. The molecule has 1 aromatic heterocycles. The van der Waals surface area contributed by atoms with E-state index in [4.69, 9.17) is 5.11 Å². The van der Waals surface area contributed by atoms with Crippen LogP contribution in [0.25, 0.3) is 0 Å². The molecule has 0 amide bonds. The minimum atomic E-state index is -0.962. The highest BCUT2D eigenvalue weighted by Crippen LogP contribution is 2.31. The molecular formula is C13H20IN3O2. The fraction of sp³-hybridized carbons (Fsp3) is 0.692. The van der Waals surface area contributed by atoms with Crippen molar-refractivity contribution in [2.24, 2.45) is 5.41 Å². The molecule has 0 radical (unpaired) electrons. The van der Waals surface area contributed by atoms with E-state index in [-0.39, 0.29) is 5.69 Å². The highest BCUT2D eigenvalue weighted by Gasteiger charge is 2.32. The highest BCUT2D eigenvalue weighted by atomic mass is 127. The molecule has 0 aliphatic carbocycles. The molecular weight excluding hydrogens is 357 g/mol. The van der Waals surface area contributed by atoms with Crippen LogP contribution in [0.4, 0.5) is 0 Å². The first kappa shape index (κ1) is 14.8. The minimum absolute atomic E-state index is 0.142. The zero-order valence-electron chi connectivity index (χ0n) is 11.5. The van der Waals surface area contributed by atoms with Gasteiger partial charge in [0.05, 0.1) is 9.26 Å². The van der Waals surface area contributed by atoms with Crippen LogP contribution in [0.15, 0.2) is 0 Å². The summed E-state index contributed by atoms with van der Waals surface area (Å²) < 4.78 is 0.755. The lowest BCUT2D eigenvalue weighted by atomic mass is 9.89. The highest BCUT2D eigenvalue weighted by molar-refractivity contribution is 14.1. The third-order valence-electron chi connectivity index (χ3n) is 3.48. The Kier molecular flexibility index (Phi) is 4.20. The van der Waals surface area contributed by atoms with E-state index < -0.39 is 5.97 Å². The number of nitrogens with zero attached hydrogens (tertiary/aromatic N) is 2. The third kappa shape index (κ3) is 3.47. The standard InChI is InChI=1S/C13H20IN3O2/c1-13(2,3)4-5-17-6-8(7-17)10-9(14)11(12(18)19)16-15-10/h8H,4-7H2,1-3H3,(H,15,16)(H,18,19). The summed E-state index contributed by atoms with van der Waals surface area (Å²) in [7, 11) is 0. The van der Waals surface area contributed by atoms with Gasteiger partial charge in [-0.3, -0.25) is 5.10 Å². The quantitative estimate of drug-likeness (QED) is 0.792. The molecule has 0 aromatic carbocycles. The molecule has 0 atom stereocenters. The van der Waals surface area contributed by atoms with Crippen molar-refractivity contribution in [3.05, 3.63) is 15.0 Å². The average Bonchev–Trinajstić information content (AvgIpc) is 2.56. The van der Waals surface area contributed by atoms with Gasteiger partial charge in [-0.2, -0.15) is 5.10 Å². The maximum Gasteiger partial charge on any atom is 0.357 e. The predicted molar refractivity (Wildman–Crippen MR) is 81.5 cm³/mol. The molecule has 0 unspecified atom stereocenters. The molecule has 1 saturated heterocycles. The zero-order chi connectivity index (χ0) is 14.2. The van der Waals surface area contributed by atoms with Gasteiger partial charge in [-0.05, 0) is 41.0 Å². The number of carboxylic acid groups (broad SMARTS) is 1. The van der Waals surface area contributed by atoms with Gasteiger partial charge in [-0.1, -0.05) is 20.8 Å². The van der Waals surface area contributed by atoms with Gasteiger partial charge < -0.3 is 10.0 Å². The second-order valence-corrected chi connectivity index (χ2v) is 7.45. The van der Waals surface area contributed by atoms with Crippen molar-refractivity contribution in [1.82, 2.24) is 15.1 Å². The number of halogens is 1. The first-order valence-corrected chi connectivity index (χ1v) is 7.55. The van der Waals surface area contributed by atoms with Crippen molar-refractivity contribution in [2.45, 2.75) is 33.1 Å². The van der Waals surface area contributed by atoms with Gasteiger partial charge in [0.1, 0.15) is 0 Å². The number of hydrogen-bond donors (Lipinski definition) is 2. The van der Waals surface area contributed by atoms with Crippen LogP contribution < -0.4 is 0 Å². The Balaban J connectivity index is 1.89. The van der Waals surface area contributed by atoms with E-state index in [1.165, 1.54) is 6.42 Å². The molecule has 106 valence electrons. The topological polar surface area (TPSA) is 69.2 Å². The molecule has 0 bridgehead atoms. The Morgan fingerprint density at radius 3 is 2.63 bits per heavy atom. The van der Waals surface area contributed by atoms with Gasteiger partial charge in [-0.25, -0.2) is 4.79 Å². The summed E-state index contributed by atoms with van der Waals surface area (Å²) >= 11 is 2.07. The van der Waals surface area contributed by atoms with Crippen LogP contribution in [0.1, 0.15) is 49.3 Å². The summed E-state index contributed by atoms with van der Waals surface area (Å²) in [6, 6.07) is 0. The summed E-state index contributed by atoms with van der Waals surface area (Å²) in [5.41, 5.74) is 1.48. The summed E-state index contributed by atoms with van der Waals surface area (Å²) in [6.07, 6.45) is 1.18. The van der Waals surface area contributed by atoms with Crippen LogP contribution in [0.3, 0.4) is 0 Å². The molecule has 0 spiro atoms. The largest absolute Gasteiger partial charge is 0.476 e. The number of H-pyrrole nitrogens is 1. The molecule has 0 saturated carbocycles. The van der Waals surface area contributed by atoms with Gasteiger partial charge in [0, 0.05) is 19.0 Å². The van der Waals surface area contributed by atoms with E-state index >= 15 is 0 Å². The number of aromatic nitrogens is 2. The number of nitrogens with one attached hydrogen (secondary N) is 1. The van der Waals surface area contributed by atoms with Gasteiger partial charge in [0.15, 0.2) is 5.69 Å². The van der Waals surface area contributed by atoms with Gasteiger partial charge in [0.25, 0.3) is 0 Å². The molecule has 19 heavy (non-hydrogen) atoms. The van der Waals surface area contributed by atoms with Crippen molar-refractivity contribution < 1.29 is 9.90 Å². The van der Waals surface area contributed by atoms with Gasteiger partial charge in [0.2, 0.25) is 0 Å². The van der Waals surface area contributed by atoms with Crippen LogP contribution in [0.5, 0.6) is 0 Å². The molecule has 1 fully saturated rings. The maximum absolute atomic E-state index is 10.9. The predicted octanol–water partition coefficient (Wildman–Crippen LogP) is 2.55. The summed E-state index contributed by atoms with van der Waals surface area (Å²) in [4.78, 5) is 13.4. The summed E-state index contributed by atoms with van der Waals surface area (Å²) in [5.74, 6) is -0.566. The fourth-order valence-corrected chi connectivity index (χ4v) is 3.09. The van der Waals surface area contributed by atoms with Crippen molar-refractivity contribution in [1.29, 1.82) is 0 Å². The number of likely N-dealkylation sites (tertiary alicyclic amines) is 1. The zero-order valence-corrected chi connectivity index (χ0v) is 13.7. The lowest BCUT2D eigenvalue weighted by Gasteiger charge is -2.40. The maximum atomic E-state index is 10.9. The Morgan fingerprint density at radius 1 is 1.53 bits per heavy atom. The van der Waals surface area contributed by atoms with E-state index in [1.807, 2.05) is 0 Å². The van der Waals surface area contributed by atoms with Crippen LogP contribution >= 0.6 is 22.6 Å². The number of carbonyl (C=O) groups is 1. The van der Waals surface area contributed by atoms with Gasteiger partial charge >= 0.3 is 5.97 Å². The molecule has 5 nitrogen and oxygen atoms in total. The Morgan fingerprint density at radius 2 is 2.16 bits per heavy atom. The number of carboxylic acids is 1. The van der Waals surface area contributed by atoms with Crippen molar-refractivity contribution in [3.8, 4) is 0 Å². The lowest BCUT2D eigenvalue weighted by Crippen LogP contribution is -2.46. The van der Waals surface area contributed by atoms with E-state index in [1.54, 1.807) is 0 Å². The molecule has 1 aliphatic heterocycles. The second kappa shape index (κ2) is 5.40. The number of rotatable bonds is 4. The number of aromatic amines is 1. The van der Waals surface area contributed by atoms with E-state index in [9.17, 15) is 4.79 Å². The van der Waals surface area contributed by atoms with Crippen LogP contribution in [-0.2, 0) is 0 Å². The first-order chi connectivity index (χ1) is 8.78. The average molecular weight is 377 g/mol. The monoisotopic (exact) mass is 377 g/mol. The van der Waals surface area contributed by atoms with E-state index in [0.717, 1.165) is 28.9 Å². The van der Waals surface area contributed by atoms with Crippen molar-refractivity contribution >= 4 is 28.6 Å². The van der Waals surface area contributed by atoms with Crippen LogP contribution in [0, 0.1) is 8.99 Å². The Labute approximate surface area is 126 Å². The minimum Gasteiger partial charge on any atom is -0.476 e. The SMILES string of the molecule is CC(C)(C)CCN1CC(c2[nH]nc(C(=O)O)c2I)C1. The summed E-state index contributed by atoms with van der Waals surface area (Å²) in [6.45, 7) is 9.85. The molecule has 6 heteroatoms. The summed E-state index contributed by atoms with van der Waals surface area (Å²) in [5, 5.41) is 15.7. The van der Waals surface area contributed by atoms with E-state index in [0.29, 0.717) is 11.3 Å². The Hall–Kier alpha value is -0.630. The number of hydrogen-bond acceptors (Lipinski definition) is 3. The fourth-order valence-electron chi connectivity index (χ4n) is 2.18. The van der Waals surface area contributed by atoms with E-state index in [2.05, 4.69) is 58.5 Å². The lowest BCUT2D eigenvalue weighted by molar-refractivity contribution is 0.0689. The molecule has 1 aromatic rings. The first-order valence-electron chi connectivity index (χ1n) is 6.47. The third-order valence-corrected chi connectivity index (χ3v) is 4.57. The van der Waals surface area contributed by atoms with Crippen molar-refractivity contribution in [3.63, 3.8) is 0 Å². The molecule has 2 heterocycles. The van der Waals surface area contributed by atoms with Crippen LogP contribution in [-0.4, -0.2) is 45.8 Å². The Bertz CT molecular complexity index is 473. The smallest absolute Gasteiger partial charge is 0.357 e. The molecule has 2 N–H and O–H groups in total. The normalized spacial score (nSPS) is 17.5. The molecule has 1 aliphatic rings. The molecule has 2 rings (SSSR count).